The first kappa shape index (κ1) is 21.0. The number of rotatable bonds is 6. The van der Waals surface area contributed by atoms with Crippen molar-refractivity contribution in [3.05, 3.63) is 53.6 Å². The highest BCUT2D eigenvalue weighted by molar-refractivity contribution is 8.00. The molecule has 2 N–H and O–H groups in total. The van der Waals surface area contributed by atoms with Crippen LogP contribution < -0.4 is 10.6 Å². The molecule has 0 aliphatic carbocycles. The van der Waals surface area contributed by atoms with Gasteiger partial charge in [-0.15, -0.1) is 11.8 Å². The molecule has 0 aliphatic rings. The van der Waals surface area contributed by atoms with E-state index in [9.17, 15) is 9.59 Å². The maximum absolute atomic E-state index is 12.3. The summed E-state index contributed by atoms with van der Waals surface area (Å²) in [4.78, 5) is 25.3. The molecule has 0 saturated carbocycles. The minimum absolute atomic E-state index is 0.00239. The largest absolute Gasteiger partial charge is 0.326 e. The molecule has 0 unspecified atom stereocenters. The van der Waals surface area contributed by atoms with Gasteiger partial charge in [-0.05, 0) is 48.6 Å². The van der Waals surface area contributed by atoms with Gasteiger partial charge in [0, 0.05) is 22.7 Å². The molecule has 0 spiro atoms. The van der Waals surface area contributed by atoms with Gasteiger partial charge in [0.2, 0.25) is 11.8 Å². The number of thioether (sulfide) groups is 1. The zero-order chi connectivity index (χ0) is 20.0. The molecular weight excluding hydrogens is 356 g/mol. The van der Waals surface area contributed by atoms with Gasteiger partial charge < -0.3 is 10.6 Å². The standard InChI is InChI=1S/C22H28N2O2S/c1-15-8-6-9-16(2)21(15)24-20(26)14-27-18-11-7-10-17(12-18)23-19(25)13-22(3,4)5/h6-12H,13-14H2,1-5H3,(H,23,25)(H,24,26). The Morgan fingerprint density at radius 1 is 0.926 bits per heavy atom. The van der Waals surface area contributed by atoms with Crippen molar-refractivity contribution in [3.63, 3.8) is 0 Å². The van der Waals surface area contributed by atoms with Crippen molar-refractivity contribution in [2.75, 3.05) is 16.4 Å². The lowest BCUT2D eigenvalue weighted by atomic mass is 9.92. The van der Waals surface area contributed by atoms with Gasteiger partial charge >= 0.3 is 0 Å². The Bertz CT molecular complexity index is 805. The second kappa shape index (κ2) is 9.09. The molecule has 0 atom stereocenters. The summed E-state index contributed by atoms with van der Waals surface area (Å²) < 4.78 is 0. The number of hydrogen-bond acceptors (Lipinski definition) is 3. The fraction of sp³-hybridized carbons (Fsp3) is 0.364. The summed E-state index contributed by atoms with van der Waals surface area (Å²) in [6.07, 6.45) is 0.461. The SMILES string of the molecule is Cc1cccc(C)c1NC(=O)CSc1cccc(NC(=O)CC(C)(C)C)c1. The molecule has 0 aromatic heterocycles. The highest BCUT2D eigenvalue weighted by Gasteiger charge is 2.16. The third-order valence-electron chi connectivity index (χ3n) is 3.92. The Morgan fingerprint density at radius 2 is 1.56 bits per heavy atom. The molecule has 4 nitrogen and oxygen atoms in total. The predicted molar refractivity (Wildman–Crippen MR) is 114 cm³/mol. The number of benzene rings is 2. The lowest BCUT2D eigenvalue weighted by molar-refractivity contribution is -0.118. The number of anilines is 2. The van der Waals surface area contributed by atoms with Crippen molar-refractivity contribution < 1.29 is 9.59 Å². The molecule has 0 bridgehead atoms. The maximum Gasteiger partial charge on any atom is 0.234 e. The van der Waals surface area contributed by atoms with Crippen LogP contribution in [0.1, 0.15) is 38.3 Å². The van der Waals surface area contributed by atoms with Crippen LogP contribution in [0.2, 0.25) is 0 Å². The van der Waals surface area contributed by atoms with E-state index in [2.05, 4.69) is 10.6 Å². The van der Waals surface area contributed by atoms with Crippen molar-refractivity contribution in [3.8, 4) is 0 Å². The molecule has 0 radical (unpaired) electrons. The second-order valence-electron chi connectivity index (χ2n) is 7.92. The first-order valence-electron chi connectivity index (χ1n) is 9.03. The number of amides is 2. The molecule has 0 saturated heterocycles. The van der Waals surface area contributed by atoms with E-state index in [1.165, 1.54) is 11.8 Å². The number of carbonyl (C=O) groups is 2. The van der Waals surface area contributed by atoms with Gasteiger partial charge in [-0.1, -0.05) is 45.0 Å². The Kier molecular flexibility index (Phi) is 7.08. The Balaban J connectivity index is 1.92. The van der Waals surface area contributed by atoms with Gasteiger partial charge in [-0.2, -0.15) is 0 Å². The highest BCUT2D eigenvalue weighted by Crippen LogP contribution is 2.25. The van der Waals surface area contributed by atoms with Crippen molar-refractivity contribution in [2.45, 2.75) is 45.9 Å². The average molecular weight is 385 g/mol. The number of aryl methyl sites for hydroxylation is 2. The van der Waals surface area contributed by atoms with Crippen LogP contribution in [0.25, 0.3) is 0 Å². The Morgan fingerprint density at radius 3 is 2.19 bits per heavy atom. The van der Waals surface area contributed by atoms with Crippen LogP contribution in [0.3, 0.4) is 0 Å². The Hall–Kier alpha value is -2.27. The molecule has 0 aliphatic heterocycles. The van der Waals surface area contributed by atoms with Crippen LogP contribution in [0.4, 0.5) is 11.4 Å². The van der Waals surface area contributed by atoms with Gasteiger partial charge in [-0.25, -0.2) is 0 Å². The quantitative estimate of drug-likeness (QED) is 0.655. The van der Waals surface area contributed by atoms with Crippen LogP contribution in [-0.2, 0) is 9.59 Å². The summed E-state index contributed by atoms with van der Waals surface area (Å²) in [7, 11) is 0. The topological polar surface area (TPSA) is 58.2 Å². The van der Waals surface area contributed by atoms with Gasteiger partial charge in [0.05, 0.1) is 5.75 Å². The molecule has 2 aromatic carbocycles. The number of para-hydroxylation sites is 1. The van der Waals surface area contributed by atoms with Crippen molar-refractivity contribution >= 4 is 35.0 Å². The highest BCUT2D eigenvalue weighted by atomic mass is 32.2. The number of hydrogen-bond donors (Lipinski definition) is 2. The van der Waals surface area contributed by atoms with E-state index in [4.69, 9.17) is 0 Å². The minimum Gasteiger partial charge on any atom is -0.326 e. The first-order valence-corrected chi connectivity index (χ1v) is 10.0. The molecule has 0 heterocycles. The van der Waals surface area contributed by atoms with Gasteiger partial charge in [-0.3, -0.25) is 9.59 Å². The van der Waals surface area contributed by atoms with Gasteiger partial charge in [0.15, 0.2) is 0 Å². The monoisotopic (exact) mass is 384 g/mol. The number of carbonyl (C=O) groups excluding carboxylic acids is 2. The van der Waals surface area contributed by atoms with Crippen LogP contribution >= 0.6 is 11.8 Å². The normalized spacial score (nSPS) is 11.1. The third kappa shape index (κ3) is 7.10. The molecule has 5 heteroatoms. The van der Waals surface area contributed by atoms with Crippen molar-refractivity contribution in [2.24, 2.45) is 5.41 Å². The van der Waals surface area contributed by atoms with E-state index in [0.717, 1.165) is 27.4 Å². The molecule has 2 amide bonds. The van der Waals surface area contributed by atoms with Crippen LogP contribution in [0.5, 0.6) is 0 Å². The van der Waals surface area contributed by atoms with Crippen LogP contribution in [0.15, 0.2) is 47.4 Å². The lowest BCUT2D eigenvalue weighted by Gasteiger charge is -2.17. The summed E-state index contributed by atoms with van der Waals surface area (Å²) in [5.74, 6) is 0.268. The fourth-order valence-corrected chi connectivity index (χ4v) is 3.44. The van der Waals surface area contributed by atoms with E-state index in [1.807, 2.05) is 77.1 Å². The zero-order valence-electron chi connectivity index (χ0n) is 16.7. The molecule has 0 fully saturated rings. The lowest BCUT2D eigenvalue weighted by Crippen LogP contribution is -2.19. The molecule has 2 aromatic rings. The smallest absolute Gasteiger partial charge is 0.234 e. The molecule has 27 heavy (non-hydrogen) atoms. The zero-order valence-corrected chi connectivity index (χ0v) is 17.5. The Labute approximate surface area is 166 Å². The maximum atomic E-state index is 12.3. The summed E-state index contributed by atoms with van der Waals surface area (Å²) in [5.41, 5.74) is 3.69. The minimum atomic E-state index is -0.0533. The third-order valence-corrected chi connectivity index (χ3v) is 4.92. The second-order valence-corrected chi connectivity index (χ2v) is 8.97. The predicted octanol–water partition coefficient (Wildman–Crippen LogP) is 5.41. The average Bonchev–Trinajstić information content (AvgIpc) is 2.55. The first-order chi connectivity index (χ1) is 12.6. The van der Waals surface area contributed by atoms with Crippen LogP contribution in [-0.4, -0.2) is 17.6 Å². The summed E-state index contributed by atoms with van der Waals surface area (Å²) >= 11 is 1.45. The van der Waals surface area contributed by atoms with Crippen LogP contribution in [0, 0.1) is 19.3 Å². The summed E-state index contributed by atoms with van der Waals surface area (Å²) in [5, 5.41) is 5.92. The van der Waals surface area contributed by atoms with Crippen molar-refractivity contribution in [1.29, 1.82) is 0 Å². The van der Waals surface area contributed by atoms with Crippen molar-refractivity contribution in [1.82, 2.24) is 0 Å². The van der Waals surface area contributed by atoms with E-state index < -0.39 is 0 Å². The van der Waals surface area contributed by atoms with E-state index >= 15 is 0 Å². The summed E-state index contributed by atoms with van der Waals surface area (Å²) in [6, 6.07) is 13.5. The summed E-state index contributed by atoms with van der Waals surface area (Å²) in [6.45, 7) is 10.1. The number of nitrogens with one attached hydrogen (secondary N) is 2. The molecule has 2 rings (SSSR count). The van der Waals surface area contributed by atoms with E-state index in [0.29, 0.717) is 12.2 Å². The van der Waals surface area contributed by atoms with Gasteiger partial charge in [0.1, 0.15) is 0 Å². The van der Waals surface area contributed by atoms with Gasteiger partial charge in [0.25, 0.3) is 0 Å². The molecule has 144 valence electrons. The van der Waals surface area contributed by atoms with E-state index in [-0.39, 0.29) is 17.2 Å². The fourth-order valence-electron chi connectivity index (χ4n) is 2.69. The molecular formula is C22H28N2O2S. The van der Waals surface area contributed by atoms with E-state index in [1.54, 1.807) is 0 Å².